The molecule has 0 heterocycles. The van der Waals surface area contributed by atoms with E-state index in [0.717, 1.165) is 31.4 Å². The number of rotatable bonds is 7. The van der Waals surface area contributed by atoms with Crippen molar-refractivity contribution in [2.75, 3.05) is 13.2 Å². The van der Waals surface area contributed by atoms with Crippen LogP contribution >= 0.6 is 0 Å². The van der Waals surface area contributed by atoms with Crippen molar-refractivity contribution in [2.24, 2.45) is 5.92 Å². The van der Waals surface area contributed by atoms with Gasteiger partial charge in [0.1, 0.15) is 5.75 Å². The standard InChI is InChI=1S/C15H23NO/c1-3-13-5-4-6-15(9-13)17-11-12(2)10-16-14-7-8-14/h4-6,9,12,14,16H,3,7-8,10-11H2,1-2H3. The van der Waals surface area contributed by atoms with E-state index in [2.05, 4.69) is 37.4 Å². The van der Waals surface area contributed by atoms with E-state index in [0.29, 0.717) is 5.92 Å². The van der Waals surface area contributed by atoms with Crippen molar-refractivity contribution in [3.8, 4) is 5.75 Å². The van der Waals surface area contributed by atoms with Gasteiger partial charge in [0.25, 0.3) is 0 Å². The van der Waals surface area contributed by atoms with E-state index in [4.69, 9.17) is 4.74 Å². The van der Waals surface area contributed by atoms with Crippen LogP contribution in [-0.2, 0) is 6.42 Å². The molecule has 0 saturated heterocycles. The van der Waals surface area contributed by atoms with E-state index in [-0.39, 0.29) is 0 Å². The molecule has 2 rings (SSSR count). The number of hydrogen-bond donors (Lipinski definition) is 1. The number of nitrogens with one attached hydrogen (secondary N) is 1. The van der Waals surface area contributed by atoms with Gasteiger partial charge in [0.2, 0.25) is 0 Å². The second-order valence-corrected chi connectivity index (χ2v) is 5.10. The molecule has 17 heavy (non-hydrogen) atoms. The average molecular weight is 233 g/mol. The van der Waals surface area contributed by atoms with E-state index in [1.807, 2.05) is 6.07 Å². The van der Waals surface area contributed by atoms with Crippen LogP contribution in [0.2, 0.25) is 0 Å². The summed E-state index contributed by atoms with van der Waals surface area (Å²) in [4.78, 5) is 0. The molecular weight excluding hydrogens is 210 g/mol. The van der Waals surface area contributed by atoms with Gasteiger partial charge < -0.3 is 10.1 Å². The van der Waals surface area contributed by atoms with Crippen molar-refractivity contribution in [1.29, 1.82) is 0 Å². The lowest BCUT2D eigenvalue weighted by Crippen LogP contribution is -2.26. The first kappa shape index (κ1) is 12.4. The van der Waals surface area contributed by atoms with Crippen LogP contribution in [0.15, 0.2) is 24.3 Å². The molecule has 2 nitrogen and oxygen atoms in total. The first-order valence-corrected chi connectivity index (χ1v) is 6.73. The zero-order chi connectivity index (χ0) is 12.1. The van der Waals surface area contributed by atoms with Gasteiger partial charge >= 0.3 is 0 Å². The SMILES string of the molecule is CCc1cccc(OCC(C)CNC2CC2)c1. The molecule has 1 atom stereocenters. The van der Waals surface area contributed by atoms with Crippen molar-refractivity contribution in [3.05, 3.63) is 29.8 Å². The summed E-state index contributed by atoms with van der Waals surface area (Å²) >= 11 is 0. The average Bonchev–Trinajstić information content (AvgIpc) is 3.18. The van der Waals surface area contributed by atoms with Crippen molar-refractivity contribution in [3.63, 3.8) is 0 Å². The summed E-state index contributed by atoms with van der Waals surface area (Å²) in [6.07, 6.45) is 3.77. The molecule has 0 amide bonds. The Hall–Kier alpha value is -1.02. The monoisotopic (exact) mass is 233 g/mol. The number of benzene rings is 1. The maximum Gasteiger partial charge on any atom is 0.119 e. The third-order valence-electron chi connectivity index (χ3n) is 3.17. The predicted octanol–water partition coefficient (Wildman–Crippen LogP) is 3.02. The Bertz CT molecular complexity index is 347. The van der Waals surface area contributed by atoms with Crippen LogP contribution in [0.1, 0.15) is 32.3 Å². The fraction of sp³-hybridized carbons (Fsp3) is 0.600. The fourth-order valence-corrected chi connectivity index (χ4v) is 1.81. The Kier molecular flexibility index (Phi) is 4.43. The molecule has 0 radical (unpaired) electrons. The Labute approximate surface area is 104 Å². The Morgan fingerprint density at radius 3 is 2.94 bits per heavy atom. The molecular formula is C15H23NO. The lowest BCUT2D eigenvalue weighted by atomic mass is 10.1. The molecule has 0 aliphatic heterocycles. The van der Waals surface area contributed by atoms with Gasteiger partial charge in [-0.3, -0.25) is 0 Å². The van der Waals surface area contributed by atoms with Crippen LogP contribution in [0, 0.1) is 5.92 Å². The molecule has 2 heteroatoms. The number of aryl methyl sites for hydroxylation is 1. The van der Waals surface area contributed by atoms with Crippen molar-refractivity contribution < 1.29 is 4.74 Å². The van der Waals surface area contributed by atoms with Crippen LogP contribution < -0.4 is 10.1 Å². The third-order valence-corrected chi connectivity index (χ3v) is 3.17. The van der Waals surface area contributed by atoms with E-state index in [9.17, 15) is 0 Å². The van der Waals surface area contributed by atoms with Gasteiger partial charge in [0.05, 0.1) is 6.61 Å². The second kappa shape index (κ2) is 6.06. The van der Waals surface area contributed by atoms with Gasteiger partial charge in [-0.25, -0.2) is 0 Å². The van der Waals surface area contributed by atoms with Gasteiger partial charge in [0.15, 0.2) is 0 Å². The summed E-state index contributed by atoms with van der Waals surface area (Å²) in [5.74, 6) is 1.57. The largest absolute Gasteiger partial charge is 0.493 e. The van der Waals surface area contributed by atoms with Crippen molar-refractivity contribution in [2.45, 2.75) is 39.2 Å². The zero-order valence-electron chi connectivity index (χ0n) is 10.9. The van der Waals surface area contributed by atoms with Gasteiger partial charge in [0, 0.05) is 18.5 Å². The minimum absolute atomic E-state index is 0.570. The van der Waals surface area contributed by atoms with Crippen molar-refractivity contribution >= 4 is 0 Å². The molecule has 1 aliphatic rings. The molecule has 1 aliphatic carbocycles. The fourth-order valence-electron chi connectivity index (χ4n) is 1.81. The van der Waals surface area contributed by atoms with E-state index < -0.39 is 0 Å². The maximum absolute atomic E-state index is 5.82. The van der Waals surface area contributed by atoms with Gasteiger partial charge in [-0.2, -0.15) is 0 Å². The van der Waals surface area contributed by atoms with Crippen LogP contribution in [-0.4, -0.2) is 19.2 Å². The highest BCUT2D eigenvalue weighted by atomic mass is 16.5. The molecule has 1 aromatic carbocycles. The summed E-state index contributed by atoms with van der Waals surface area (Å²) in [5.41, 5.74) is 1.34. The number of ether oxygens (including phenoxy) is 1. The zero-order valence-corrected chi connectivity index (χ0v) is 10.9. The van der Waals surface area contributed by atoms with E-state index in [1.165, 1.54) is 18.4 Å². The summed E-state index contributed by atoms with van der Waals surface area (Å²) in [5, 5.41) is 3.54. The molecule has 1 fully saturated rings. The lowest BCUT2D eigenvalue weighted by molar-refractivity contribution is 0.255. The van der Waals surface area contributed by atoms with Crippen LogP contribution in [0.25, 0.3) is 0 Å². The van der Waals surface area contributed by atoms with Gasteiger partial charge in [-0.15, -0.1) is 0 Å². The minimum Gasteiger partial charge on any atom is -0.493 e. The van der Waals surface area contributed by atoms with Gasteiger partial charge in [-0.05, 0) is 37.0 Å². The molecule has 1 unspecified atom stereocenters. The number of hydrogen-bond acceptors (Lipinski definition) is 2. The van der Waals surface area contributed by atoms with Crippen LogP contribution in [0.4, 0.5) is 0 Å². The minimum atomic E-state index is 0.570. The Morgan fingerprint density at radius 2 is 2.24 bits per heavy atom. The summed E-state index contributed by atoms with van der Waals surface area (Å²) in [7, 11) is 0. The first-order valence-electron chi connectivity index (χ1n) is 6.73. The Balaban J connectivity index is 1.71. The molecule has 0 spiro atoms. The Morgan fingerprint density at radius 1 is 1.41 bits per heavy atom. The normalized spacial score (nSPS) is 16.8. The van der Waals surface area contributed by atoms with E-state index >= 15 is 0 Å². The van der Waals surface area contributed by atoms with Crippen molar-refractivity contribution in [1.82, 2.24) is 5.32 Å². The predicted molar refractivity (Wildman–Crippen MR) is 71.5 cm³/mol. The van der Waals surface area contributed by atoms with Crippen LogP contribution in [0.3, 0.4) is 0 Å². The molecule has 0 aromatic heterocycles. The first-order chi connectivity index (χ1) is 8.28. The summed E-state index contributed by atoms with van der Waals surface area (Å²) in [6.45, 7) is 6.27. The van der Waals surface area contributed by atoms with E-state index in [1.54, 1.807) is 0 Å². The highest BCUT2D eigenvalue weighted by molar-refractivity contribution is 5.28. The summed E-state index contributed by atoms with van der Waals surface area (Å²) in [6, 6.07) is 9.19. The molecule has 0 bridgehead atoms. The van der Waals surface area contributed by atoms with Crippen LogP contribution in [0.5, 0.6) is 5.75 Å². The third kappa shape index (κ3) is 4.39. The maximum atomic E-state index is 5.82. The van der Waals surface area contributed by atoms with Gasteiger partial charge in [-0.1, -0.05) is 26.0 Å². The molecule has 94 valence electrons. The smallest absolute Gasteiger partial charge is 0.119 e. The summed E-state index contributed by atoms with van der Waals surface area (Å²) < 4.78 is 5.82. The highest BCUT2D eigenvalue weighted by Gasteiger charge is 2.20. The topological polar surface area (TPSA) is 21.3 Å². The highest BCUT2D eigenvalue weighted by Crippen LogP contribution is 2.19. The quantitative estimate of drug-likeness (QED) is 0.781. The molecule has 1 aromatic rings. The molecule has 1 N–H and O–H groups in total. The molecule has 1 saturated carbocycles. The second-order valence-electron chi connectivity index (χ2n) is 5.10. The lowest BCUT2D eigenvalue weighted by Gasteiger charge is -2.14.